The summed E-state index contributed by atoms with van der Waals surface area (Å²) in [6.45, 7) is 0. The zero-order chi connectivity index (χ0) is 37.0. The minimum atomic E-state index is 0.664. The van der Waals surface area contributed by atoms with Crippen molar-refractivity contribution in [1.82, 2.24) is 14.5 Å². The van der Waals surface area contributed by atoms with E-state index in [2.05, 4.69) is 180 Å². The summed E-state index contributed by atoms with van der Waals surface area (Å²) in [6, 6.07) is 70.4. The van der Waals surface area contributed by atoms with E-state index < -0.39 is 0 Å². The minimum absolute atomic E-state index is 0.664. The van der Waals surface area contributed by atoms with Gasteiger partial charge in [-0.25, -0.2) is 9.97 Å². The number of para-hydroxylation sites is 3. The Balaban J connectivity index is 1.07. The molecule has 8 aromatic carbocycles. The fourth-order valence-corrected chi connectivity index (χ4v) is 8.15. The van der Waals surface area contributed by atoms with Crippen LogP contribution in [-0.2, 0) is 0 Å². The van der Waals surface area contributed by atoms with Gasteiger partial charge in [0.1, 0.15) is 16.8 Å². The lowest BCUT2D eigenvalue weighted by atomic mass is 9.96. The average Bonchev–Trinajstić information content (AvgIpc) is 3.83. The first-order valence-corrected chi connectivity index (χ1v) is 18.9. The van der Waals surface area contributed by atoms with Crippen LogP contribution >= 0.6 is 0 Å². The Kier molecular flexibility index (Phi) is 7.46. The Hall–Kier alpha value is -7.56. The molecule has 0 saturated carbocycles. The molecule has 0 fully saturated rings. The van der Waals surface area contributed by atoms with Crippen LogP contribution in [-0.4, -0.2) is 14.5 Å². The van der Waals surface area contributed by atoms with Crippen molar-refractivity contribution in [1.29, 1.82) is 0 Å². The maximum Gasteiger partial charge on any atom is 0.180 e. The second-order valence-corrected chi connectivity index (χ2v) is 14.2. The van der Waals surface area contributed by atoms with E-state index in [1.54, 1.807) is 0 Å². The van der Waals surface area contributed by atoms with Crippen LogP contribution in [0.5, 0.6) is 0 Å². The molecule has 0 atom stereocenters. The van der Waals surface area contributed by atoms with Crippen molar-refractivity contribution in [3.8, 4) is 61.7 Å². The Labute approximate surface area is 323 Å². The molecule has 0 bridgehead atoms. The highest BCUT2D eigenvalue weighted by Gasteiger charge is 2.20. The molecular formula is C52H33N3O. The smallest absolute Gasteiger partial charge is 0.180 e. The number of aromatic nitrogens is 3. The number of hydrogen-bond acceptors (Lipinski definition) is 3. The first-order valence-electron chi connectivity index (χ1n) is 18.9. The van der Waals surface area contributed by atoms with E-state index in [-0.39, 0.29) is 0 Å². The number of benzene rings is 8. The average molecular weight is 716 g/mol. The van der Waals surface area contributed by atoms with Crippen molar-refractivity contribution >= 4 is 43.9 Å². The highest BCUT2D eigenvalue weighted by molar-refractivity contribution is 6.14. The van der Waals surface area contributed by atoms with Gasteiger partial charge in [-0.3, -0.25) is 0 Å². The molecule has 0 N–H and O–H groups in total. The lowest BCUT2D eigenvalue weighted by molar-refractivity contribution is 0.667. The summed E-state index contributed by atoms with van der Waals surface area (Å²) in [5.74, 6) is 0.664. The number of hydrogen-bond donors (Lipinski definition) is 0. The highest BCUT2D eigenvalue weighted by Crippen LogP contribution is 2.41. The van der Waals surface area contributed by atoms with E-state index in [1.165, 1.54) is 32.9 Å². The lowest BCUT2D eigenvalue weighted by Gasteiger charge is -2.12. The first kappa shape index (κ1) is 31.9. The molecule has 0 saturated heterocycles. The molecule has 3 aromatic heterocycles. The van der Waals surface area contributed by atoms with Gasteiger partial charge in [-0.2, -0.15) is 0 Å². The van der Waals surface area contributed by atoms with E-state index >= 15 is 0 Å². The lowest BCUT2D eigenvalue weighted by Crippen LogP contribution is -1.95. The molecule has 0 radical (unpaired) electrons. The maximum absolute atomic E-state index is 6.63. The third-order valence-electron chi connectivity index (χ3n) is 10.8. The van der Waals surface area contributed by atoms with E-state index in [4.69, 9.17) is 14.4 Å². The zero-order valence-corrected chi connectivity index (χ0v) is 30.3. The first-order chi connectivity index (χ1) is 27.8. The summed E-state index contributed by atoms with van der Waals surface area (Å²) in [5, 5.41) is 3.43. The van der Waals surface area contributed by atoms with Gasteiger partial charge < -0.3 is 8.98 Å². The summed E-state index contributed by atoms with van der Waals surface area (Å²) in [5.41, 5.74) is 15.4. The molecule has 11 rings (SSSR count). The van der Waals surface area contributed by atoms with Gasteiger partial charge in [-0.05, 0) is 64.2 Å². The molecule has 56 heavy (non-hydrogen) atoms. The third kappa shape index (κ3) is 5.31. The second kappa shape index (κ2) is 13.1. The molecule has 0 amide bonds. The van der Waals surface area contributed by atoms with E-state index in [0.29, 0.717) is 11.4 Å². The summed E-state index contributed by atoms with van der Waals surface area (Å²) in [6.07, 6.45) is 0. The number of furan rings is 1. The quantitative estimate of drug-likeness (QED) is 0.172. The molecule has 0 spiro atoms. The second-order valence-electron chi connectivity index (χ2n) is 14.2. The Bertz CT molecular complexity index is 3220. The van der Waals surface area contributed by atoms with Crippen molar-refractivity contribution < 1.29 is 4.42 Å². The number of nitrogens with zero attached hydrogens (tertiary/aromatic N) is 3. The molecule has 0 aliphatic carbocycles. The Morgan fingerprint density at radius 1 is 0.393 bits per heavy atom. The largest absolute Gasteiger partial charge is 0.452 e. The molecule has 3 heterocycles. The highest BCUT2D eigenvalue weighted by atomic mass is 16.3. The fraction of sp³-hybridized carbons (Fsp3) is 0. The maximum atomic E-state index is 6.63. The normalized spacial score (nSPS) is 11.6. The van der Waals surface area contributed by atoms with Crippen molar-refractivity contribution in [3.63, 3.8) is 0 Å². The fourth-order valence-electron chi connectivity index (χ4n) is 8.15. The minimum Gasteiger partial charge on any atom is -0.452 e. The van der Waals surface area contributed by atoms with Crippen LogP contribution in [0.3, 0.4) is 0 Å². The van der Waals surface area contributed by atoms with Gasteiger partial charge >= 0.3 is 0 Å². The van der Waals surface area contributed by atoms with Crippen LogP contribution in [0.2, 0.25) is 0 Å². The summed E-state index contributed by atoms with van der Waals surface area (Å²) < 4.78 is 9.03. The van der Waals surface area contributed by atoms with Crippen molar-refractivity contribution in [2.75, 3.05) is 0 Å². The van der Waals surface area contributed by atoms with Crippen LogP contribution < -0.4 is 0 Å². The topological polar surface area (TPSA) is 43.9 Å². The van der Waals surface area contributed by atoms with Gasteiger partial charge in [-0.1, -0.05) is 164 Å². The van der Waals surface area contributed by atoms with Crippen molar-refractivity contribution in [2.45, 2.75) is 0 Å². The Morgan fingerprint density at radius 3 is 1.79 bits per heavy atom. The molecule has 0 aliphatic rings. The number of fused-ring (bicyclic) bond motifs is 6. The van der Waals surface area contributed by atoms with Crippen LogP contribution in [0.1, 0.15) is 0 Å². The van der Waals surface area contributed by atoms with Gasteiger partial charge in [-0.15, -0.1) is 0 Å². The van der Waals surface area contributed by atoms with Crippen molar-refractivity contribution in [2.24, 2.45) is 0 Å². The SMILES string of the molecule is c1ccc(-c2ccc(-c3nc(-c4ccccc4)nc4c3oc3ccc(-c5cccc(-c6cccc7c8ccccc8n(-c8ccccc8)c67)c5)cc34)cc2)cc1. The van der Waals surface area contributed by atoms with Crippen LogP contribution in [0.15, 0.2) is 205 Å². The van der Waals surface area contributed by atoms with Gasteiger partial charge in [0.2, 0.25) is 0 Å². The standard InChI is InChI=1S/C52H33N3O/c1-4-14-34(15-5-1)35-26-28-36(29-27-35)48-51-49(54-52(53-48)37-16-6-2-7-17-37)45-33-39(30-31-47(45)56-51)38-18-12-19-40(32-38)42-23-13-24-44-43-22-10-11-25-46(43)55(50(42)44)41-20-8-3-9-21-41/h1-33H. The third-order valence-corrected chi connectivity index (χ3v) is 10.8. The van der Waals surface area contributed by atoms with E-state index in [1.807, 2.05) is 24.3 Å². The number of rotatable bonds is 6. The summed E-state index contributed by atoms with van der Waals surface area (Å²) >= 11 is 0. The molecule has 4 heteroatoms. The Morgan fingerprint density at radius 2 is 0.982 bits per heavy atom. The van der Waals surface area contributed by atoms with Crippen LogP contribution in [0.25, 0.3) is 106 Å². The molecule has 0 aliphatic heterocycles. The predicted molar refractivity (Wildman–Crippen MR) is 231 cm³/mol. The van der Waals surface area contributed by atoms with Gasteiger partial charge in [0, 0.05) is 38.5 Å². The zero-order valence-electron chi connectivity index (χ0n) is 30.3. The van der Waals surface area contributed by atoms with Crippen LogP contribution in [0, 0.1) is 0 Å². The molecule has 0 unspecified atom stereocenters. The molecule has 11 aromatic rings. The van der Waals surface area contributed by atoms with Crippen LogP contribution in [0.4, 0.5) is 0 Å². The predicted octanol–water partition coefficient (Wildman–Crippen LogP) is 13.8. The summed E-state index contributed by atoms with van der Waals surface area (Å²) in [4.78, 5) is 10.3. The van der Waals surface area contributed by atoms with E-state index in [0.717, 1.165) is 61.2 Å². The summed E-state index contributed by atoms with van der Waals surface area (Å²) in [7, 11) is 0. The van der Waals surface area contributed by atoms with Gasteiger partial charge in [0.15, 0.2) is 11.4 Å². The van der Waals surface area contributed by atoms with E-state index in [9.17, 15) is 0 Å². The van der Waals surface area contributed by atoms with Gasteiger partial charge in [0.05, 0.1) is 11.0 Å². The van der Waals surface area contributed by atoms with Crippen molar-refractivity contribution in [3.05, 3.63) is 200 Å². The molecule has 4 nitrogen and oxygen atoms in total. The monoisotopic (exact) mass is 715 g/mol. The molecule has 262 valence electrons. The van der Waals surface area contributed by atoms with Gasteiger partial charge in [0.25, 0.3) is 0 Å². The molecular weight excluding hydrogens is 683 g/mol.